The first-order valence-corrected chi connectivity index (χ1v) is 12.6. The number of halogens is 1. The first kappa shape index (κ1) is 27.8. The second kappa shape index (κ2) is 11.6. The predicted molar refractivity (Wildman–Crippen MR) is 151 cm³/mol. The number of carbonyl (C=O) groups is 2. The van der Waals surface area contributed by atoms with E-state index in [0.717, 1.165) is 11.3 Å². The second-order valence-electron chi connectivity index (χ2n) is 9.47. The molecule has 0 radical (unpaired) electrons. The number of nitrogens with one attached hydrogen (secondary N) is 4. The van der Waals surface area contributed by atoms with Gasteiger partial charge < -0.3 is 30.4 Å². The molecule has 2 amide bonds. The number of pyridine rings is 1. The van der Waals surface area contributed by atoms with Crippen molar-refractivity contribution in [2.75, 3.05) is 32.7 Å². The van der Waals surface area contributed by atoms with E-state index in [2.05, 4.69) is 44.3 Å². The zero-order chi connectivity index (χ0) is 28.2. The van der Waals surface area contributed by atoms with E-state index in [-0.39, 0.29) is 18.4 Å². The molecule has 0 aliphatic carbocycles. The number of methoxy groups -OCH3 is 2. The van der Waals surface area contributed by atoms with E-state index in [0.29, 0.717) is 57.5 Å². The minimum absolute atomic E-state index is 0.125. The lowest BCUT2D eigenvalue weighted by molar-refractivity contribution is -0.119. The van der Waals surface area contributed by atoms with Crippen molar-refractivity contribution < 1.29 is 19.1 Å². The summed E-state index contributed by atoms with van der Waals surface area (Å²) in [6.45, 7) is 7.99. The van der Waals surface area contributed by atoms with Crippen LogP contribution in [0, 0.1) is 11.8 Å². The van der Waals surface area contributed by atoms with Crippen molar-refractivity contribution in [1.29, 1.82) is 0 Å². The van der Waals surface area contributed by atoms with Crippen LogP contribution in [0.3, 0.4) is 0 Å². The van der Waals surface area contributed by atoms with Gasteiger partial charge in [-0.2, -0.15) is 0 Å². The van der Waals surface area contributed by atoms with E-state index in [1.54, 1.807) is 38.4 Å². The standard InChI is InChI=1S/C29H30ClN5O4/c1-17(16-38-4)27(36)35-29(2,3)12-9-18-15-31-13-10-19(18)24-25(23-21(33-24)11-14-32-28(23)37)34-22-8-6-7-20(30)26(22)39-5/h6-8,10,13,15,33-34H,1,11,14,16H2,2-5H3,(H,32,37)(H,35,36). The van der Waals surface area contributed by atoms with Gasteiger partial charge in [-0.15, -0.1) is 0 Å². The van der Waals surface area contributed by atoms with E-state index in [1.165, 1.54) is 14.2 Å². The number of aromatic nitrogens is 2. The number of hydrogen-bond acceptors (Lipinski definition) is 6. The van der Waals surface area contributed by atoms with Gasteiger partial charge in [0, 0.05) is 49.3 Å². The third kappa shape index (κ3) is 6.08. The first-order valence-electron chi connectivity index (χ1n) is 12.2. The van der Waals surface area contributed by atoms with Gasteiger partial charge in [0.1, 0.15) is 0 Å². The maximum Gasteiger partial charge on any atom is 0.255 e. The van der Waals surface area contributed by atoms with Crippen LogP contribution in [-0.4, -0.2) is 54.7 Å². The smallest absolute Gasteiger partial charge is 0.255 e. The number of rotatable bonds is 8. The Bertz CT molecular complexity index is 1500. The molecule has 0 saturated carbocycles. The normalized spacial score (nSPS) is 12.5. The minimum Gasteiger partial charge on any atom is -0.493 e. The summed E-state index contributed by atoms with van der Waals surface area (Å²) < 4.78 is 10.5. The van der Waals surface area contributed by atoms with E-state index in [1.807, 2.05) is 12.1 Å². The number of hydrogen-bond donors (Lipinski definition) is 4. The fourth-order valence-corrected chi connectivity index (χ4v) is 4.49. The van der Waals surface area contributed by atoms with Gasteiger partial charge >= 0.3 is 0 Å². The average Bonchev–Trinajstić information content (AvgIpc) is 3.27. The van der Waals surface area contributed by atoms with Crippen molar-refractivity contribution in [3.63, 3.8) is 0 Å². The molecule has 3 heterocycles. The van der Waals surface area contributed by atoms with Gasteiger partial charge in [0.15, 0.2) is 5.75 Å². The SMILES string of the molecule is C=C(COC)C(=O)NC(C)(C)C#Cc1cnccc1-c1[nH]c2c(c1Nc1cccc(Cl)c1OC)C(=O)NCC2. The third-order valence-corrected chi connectivity index (χ3v) is 6.36. The number of ether oxygens (including phenoxy) is 2. The van der Waals surface area contributed by atoms with Gasteiger partial charge in [-0.05, 0) is 32.0 Å². The molecule has 9 nitrogen and oxygen atoms in total. The average molecular weight is 548 g/mol. The van der Waals surface area contributed by atoms with Crippen molar-refractivity contribution in [3.05, 3.63) is 70.7 Å². The number of nitrogens with zero attached hydrogens (tertiary/aromatic N) is 1. The Balaban J connectivity index is 1.78. The maximum atomic E-state index is 13.0. The van der Waals surface area contributed by atoms with E-state index >= 15 is 0 Å². The van der Waals surface area contributed by atoms with Crippen LogP contribution in [0.2, 0.25) is 5.02 Å². The lowest BCUT2D eigenvalue weighted by atomic mass is 10.0. The summed E-state index contributed by atoms with van der Waals surface area (Å²) in [5.41, 5.74) is 3.93. The van der Waals surface area contributed by atoms with Crippen LogP contribution in [0.15, 0.2) is 48.8 Å². The van der Waals surface area contributed by atoms with Crippen LogP contribution in [0.1, 0.15) is 35.5 Å². The van der Waals surface area contributed by atoms with Crippen molar-refractivity contribution in [2.24, 2.45) is 0 Å². The highest BCUT2D eigenvalue weighted by Gasteiger charge is 2.28. The molecule has 0 spiro atoms. The number of aromatic amines is 1. The van der Waals surface area contributed by atoms with Crippen LogP contribution < -0.4 is 20.7 Å². The minimum atomic E-state index is -0.870. The summed E-state index contributed by atoms with van der Waals surface area (Å²) in [6.07, 6.45) is 3.94. The number of amides is 2. The van der Waals surface area contributed by atoms with Crippen LogP contribution in [0.25, 0.3) is 11.3 Å². The number of carbonyl (C=O) groups excluding carboxylic acids is 2. The number of H-pyrrole nitrogens is 1. The molecule has 1 aliphatic heterocycles. The first-order chi connectivity index (χ1) is 18.6. The van der Waals surface area contributed by atoms with Crippen molar-refractivity contribution in [2.45, 2.75) is 25.8 Å². The Hall–Kier alpha value is -4.26. The molecule has 1 aliphatic rings. The number of fused-ring (bicyclic) bond motifs is 1. The molecule has 10 heteroatoms. The summed E-state index contributed by atoms with van der Waals surface area (Å²) in [6, 6.07) is 7.18. The zero-order valence-electron chi connectivity index (χ0n) is 22.3. The molecule has 202 valence electrons. The summed E-state index contributed by atoms with van der Waals surface area (Å²) in [7, 11) is 3.04. The van der Waals surface area contributed by atoms with Gasteiger partial charge in [0.05, 0.1) is 52.5 Å². The molecule has 3 aromatic rings. The molecule has 2 aromatic heterocycles. The van der Waals surface area contributed by atoms with Gasteiger partial charge in [0.25, 0.3) is 5.91 Å². The molecule has 39 heavy (non-hydrogen) atoms. The molecule has 0 saturated heterocycles. The van der Waals surface area contributed by atoms with Crippen LogP contribution in [0.5, 0.6) is 5.75 Å². The maximum absolute atomic E-state index is 13.0. The molecule has 1 aromatic carbocycles. The second-order valence-corrected chi connectivity index (χ2v) is 9.87. The largest absolute Gasteiger partial charge is 0.493 e. The number of benzene rings is 1. The van der Waals surface area contributed by atoms with Crippen molar-refractivity contribution in [1.82, 2.24) is 20.6 Å². The predicted octanol–water partition coefficient (Wildman–Crippen LogP) is 4.22. The summed E-state index contributed by atoms with van der Waals surface area (Å²) in [4.78, 5) is 33.1. The number of anilines is 2. The Morgan fingerprint density at radius 2 is 2.08 bits per heavy atom. The summed E-state index contributed by atoms with van der Waals surface area (Å²) in [5.74, 6) is 6.21. The Labute approximate surface area is 232 Å². The Morgan fingerprint density at radius 1 is 1.28 bits per heavy atom. The molecule has 4 N–H and O–H groups in total. The monoisotopic (exact) mass is 547 g/mol. The lowest BCUT2D eigenvalue weighted by Gasteiger charge is -2.20. The van der Waals surface area contributed by atoms with Gasteiger partial charge in [0.2, 0.25) is 5.91 Å². The third-order valence-electron chi connectivity index (χ3n) is 6.06. The Kier molecular flexibility index (Phi) is 8.29. The summed E-state index contributed by atoms with van der Waals surface area (Å²) >= 11 is 6.36. The topological polar surface area (TPSA) is 117 Å². The zero-order valence-corrected chi connectivity index (χ0v) is 23.0. The quantitative estimate of drug-likeness (QED) is 0.248. The van der Waals surface area contributed by atoms with Crippen LogP contribution in [-0.2, 0) is 16.0 Å². The van der Waals surface area contributed by atoms with Crippen LogP contribution in [0.4, 0.5) is 11.4 Å². The molecule has 0 atom stereocenters. The number of para-hydroxylation sites is 1. The molecular formula is C29H30ClN5O4. The van der Waals surface area contributed by atoms with Crippen molar-refractivity contribution >= 4 is 34.8 Å². The highest BCUT2D eigenvalue weighted by atomic mass is 35.5. The molecule has 0 unspecified atom stereocenters. The molecule has 0 bridgehead atoms. The highest BCUT2D eigenvalue weighted by Crippen LogP contribution is 2.41. The molecule has 4 rings (SSSR count). The Morgan fingerprint density at radius 3 is 2.82 bits per heavy atom. The van der Waals surface area contributed by atoms with E-state index < -0.39 is 5.54 Å². The van der Waals surface area contributed by atoms with E-state index in [9.17, 15) is 9.59 Å². The van der Waals surface area contributed by atoms with Gasteiger partial charge in [-0.3, -0.25) is 14.6 Å². The van der Waals surface area contributed by atoms with Gasteiger partial charge in [-0.25, -0.2) is 0 Å². The fraction of sp³-hybridized carbons (Fsp3) is 0.276. The van der Waals surface area contributed by atoms with E-state index in [4.69, 9.17) is 21.1 Å². The van der Waals surface area contributed by atoms with Crippen LogP contribution >= 0.6 is 11.6 Å². The highest BCUT2D eigenvalue weighted by molar-refractivity contribution is 6.32. The summed E-state index contributed by atoms with van der Waals surface area (Å²) in [5, 5.41) is 9.59. The molecule has 0 fully saturated rings. The van der Waals surface area contributed by atoms with Crippen molar-refractivity contribution in [3.8, 4) is 28.8 Å². The van der Waals surface area contributed by atoms with Gasteiger partial charge in [-0.1, -0.05) is 36.1 Å². The molecular weight excluding hydrogens is 518 g/mol. The lowest BCUT2D eigenvalue weighted by Crippen LogP contribution is -2.43. The fourth-order valence-electron chi connectivity index (χ4n) is 4.23.